The van der Waals surface area contributed by atoms with Crippen LogP contribution >= 0.6 is 0 Å². The maximum atomic E-state index is 11.5. The summed E-state index contributed by atoms with van der Waals surface area (Å²) in [5.41, 5.74) is 1.49. The molecule has 0 fully saturated rings. The lowest BCUT2D eigenvalue weighted by Crippen LogP contribution is -3.08. The first-order chi connectivity index (χ1) is 14.2. The molecule has 2 nitrogen and oxygen atoms in total. The van der Waals surface area contributed by atoms with Crippen LogP contribution in [-0.4, -0.2) is 20.0 Å². The summed E-state index contributed by atoms with van der Waals surface area (Å²) in [6.45, 7) is 0. The van der Waals surface area contributed by atoms with Crippen molar-refractivity contribution in [3.63, 3.8) is 0 Å². The molecule has 0 aliphatic heterocycles. The molecule has 0 aliphatic rings. The van der Waals surface area contributed by atoms with E-state index in [2.05, 4.69) is 30.3 Å². The lowest BCUT2D eigenvalue weighted by Gasteiger charge is -2.05. The minimum Gasteiger partial charge on any atom is -1.00 e. The Morgan fingerprint density at radius 2 is 0.967 bits per heavy atom. The van der Waals surface area contributed by atoms with E-state index in [1.54, 1.807) is 0 Å². The topological polar surface area (TPSA) is 21.5 Å². The Morgan fingerprint density at radius 3 is 1.37 bits per heavy atom. The van der Waals surface area contributed by atoms with Crippen molar-refractivity contribution in [2.24, 2.45) is 0 Å². The van der Waals surface area contributed by atoms with Gasteiger partial charge in [-0.05, 0) is 24.8 Å². The fraction of sp³-hybridized carbons (Fsp3) is 0.741. The number of unbranched alkanes of at least 4 members (excludes halogenated alkanes) is 15. The largest absolute Gasteiger partial charge is 1.00 e. The molecule has 0 atom stereocenters. The predicted molar refractivity (Wildman–Crippen MR) is 126 cm³/mol. The lowest BCUT2D eigenvalue weighted by molar-refractivity contribution is -0.775. The van der Waals surface area contributed by atoms with Crippen LogP contribution in [0.15, 0.2) is 30.3 Å². The van der Waals surface area contributed by atoms with Crippen molar-refractivity contribution in [2.45, 2.75) is 116 Å². The number of carbonyl (C=O) groups excluding carboxylic acids is 1. The summed E-state index contributed by atoms with van der Waals surface area (Å²) in [4.78, 5) is 12.5. The summed E-state index contributed by atoms with van der Waals surface area (Å²) < 4.78 is 0. The highest BCUT2D eigenvalue weighted by atomic mass is 35.5. The molecule has 1 amide bonds. The Hall–Kier alpha value is -0.860. The average Bonchev–Trinajstić information content (AvgIpc) is 2.73. The minimum atomic E-state index is 0. The van der Waals surface area contributed by atoms with Gasteiger partial charge in [0, 0.05) is 0 Å². The fourth-order valence-electron chi connectivity index (χ4n) is 3.98. The summed E-state index contributed by atoms with van der Waals surface area (Å²) >= 11 is 0. The molecule has 1 rings (SSSR count). The predicted octanol–water partition coefficient (Wildman–Crippen LogP) is 3.54. The zero-order chi connectivity index (χ0) is 21.0. The third-order valence-electron chi connectivity index (χ3n) is 6.02. The van der Waals surface area contributed by atoms with E-state index in [-0.39, 0.29) is 12.4 Å². The molecule has 0 heterocycles. The first-order valence-corrected chi connectivity index (χ1v) is 12.6. The van der Waals surface area contributed by atoms with Crippen LogP contribution in [0, 0.1) is 0 Å². The molecular weight excluding hydrogens is 390 g/mol. The molecule has 0 aromatic heterocycles. The van der Waals surface area contributed by atoms with Crippen molar-refractivity contribution in [3.8, 4) is 0 Å². The van der Waals surface area contributed by atoms with Gasteiger partial charge in [0.15, 0.2) is 0 Å². The van der Waals surface area contributed by atoms with E-state index >= 15 is 0 Å². The molecule has 0 radical (unpaired) electrons. The van der Waals surface area contributed by atoms with Crippen LogP contribution in [0.25, 0.3) is 0 Å². The van der Waals surface area contributed by atoms with E-state index in [9.17, 15) is 4.79 Å². The molecule has 3 heteroatoms. The van der Waals surface area contributed by atoms with Crippen LogP contribution < -0.4 is 17.3 Å². The second-order valence-electron chi connectivity index (χ2n) is 9.07. The zero-order valence-corrected chi connectivity index (χ0v) is 20.7. The molecule has 1 N–H and O–H groups in total. The number of carbonyl (C=O) groups is 1. The van der Waals surface area contributed by atoms with Crippen LogP contribution in [0.3, 0.4) is 0 Å². The maximum Gasteiger partial charge on any atom is 0.311 e. The Bertz CT molecular complexity index is 489. The number of quaternary nitrogens is 1. The summed E-state index contributed by atoms with van der Waals surface area (Å²) in [5, 5.41) is 0. The average molecular weight is 438 g/mol. The highest BCUT2D eigenvalue weighted by molar-refractivity contribution is 5.66. The highest BCUT2D eigenvalue weighted by Gasteiger charge is 2.07. The third-order valence-corrected chi connectivity index (χ3v) is 6.02. The molecule has 30 heavy (non-hydrogen) atoms. The van der Waals surface area contributed by atoms with Gasteiger partial charge in [-0.25, -0.2) is 4.79 Å². The number of nitrogens with one attached hydrogen (secondary N) is 1. The van der Waals surface area contributed by atoms with E-state index in [1.165, 1.54) is 108 Å². The first kappa shape index (κ1) is 29.1. The Labute approximate surface area is 193 Å². The minimum absolute atomic E-state index is 0. The van der Waals surface area contributed by atoms with Gasteiger partial charge in [0.25, 0.3) is 0 Å². The van der Waals surface area contributed by atoms with Crippen LogP contribution in [0.1, 0.15) is 115 Å². The number of hydrogen-bond donors (Lipinski definition) is 1. The molecule has 174 valence electrons. The monoisotopic (exact) mass is 437 g/mol. The van der Waals surface area contributed by atoms with Gasteiger partial charge in [0.05, 0.1) is 20.5 Å². The van der Waals surface area contributed by atoms with E-state index in [0.29, 0.717) is 5.91 Å². The zero-order valence-electron chi connectivity index (χ0n) is 19.9. The van der Waals surface area contributed by atoms with Gasteiger partial charge in [-0.1, -0.05) is 120 Å². The molecule has 0 spiro atoms. The van der Waals surface area contributed by atoms with Gasteiger partial charge in [0.1, 0.15) is 0 Å². The van der Waals surface area contributed by atoms with Crippen molar-refractivity contribution >= 4 is 5.91 Å². The molecule has 0 aliphatic carbocycles. The van der Waals surface area contributed by atoms with Crippen LogP contribution in [0.2, 0.25) is 0 Å². The summed E-state index contributed by atoms with van der Waals surface area (Å²) in [6.07, 6.45) is 23.9. The molecule has 0 saturated carbocycles. The highest BCUT2D eigenvalue weighted by Crippen LogP contribution is 2.14. The Kier molecular flexibility index (Phi) is 20.8. The summed E-state index contributed by atoms with van der Waals surface area (Å²) in [7, 11) is 3.85. The third kappa shape index (κ3) is 18.0. The number of halogens is 1. The molecular formula is C27H48ClNO. The first-order valence-electron chi connectivity index (χ1n) is 12.6. The molecule has 1 aromatic rings. The summed E-state index contributed by atoms with van der Waals surface area (Å²) in [6, 6.07) is 10.9. The SMILES string of the molecule is C[NH+](C)C(=O)CCCCCCCCCCCCCCCCCCc1ccccc1.[Cl-]. The van der Waals surface area contributed by atoms with Gasteiger partial charge in [0.2, 0.25) is 0 Å². The number of rotatable bonds is 19. The van der Waals surface area contributed by atoms with Crippen molar-refractivity contribution in [3.05, 3.63) is 35.9 Å². The van der Waals surface area contributed by atoms with Crippen molar-refractivity contribution in [2.75, 3.05) is 14.1 Å². The number of amides is 1. The normalized spacial score (nSPS) is 10.9. The fourth-order valence-corrected chi connectivity index (χ4v) is 3.98. The quantitative estimate of drug-likeness (QED) is 0.328. The number of benzene rings is 1. The lowest BCUT2D eigenvalue weighted by atomic mass is 10.0. The van der Waals surface area contributed by atoms with Gasteiger partial charge < -0.3 is 12.4 Å². The van der Waals surface area contributed by atoms with Crippen molar-refractivity contribution in [1.29, 1.82) is 0 Å². The van der Waals surface area contributed by atoms with Crippen molar-refractivity contribution < 1.29 is 22.1 Å². The van der Waals surface area contributed by atoms with Crippen LogP contribution in [-0.2, 0) is 11.2 Å². The van der Waals surface area contributed by atoms with E-state index in [4.69, 9.17) is 0 Å². The Balaban J connectivity index is 0.00000841. The van der Waals surface area contributed by atoms with Gasteiger partial charge >= 0.3 is 5.91 Å². The maximum absolute atomic E-state index is 11.5. The van der Waals surface area contributed by atoms with Crippen LogP contribution in [0.5, 0.6) is 0 Å². The molecule has 0 saturated heterocycles. The molecule has 1 aromatic carbocycles. The van der Waals surface area contributed by atoms with Crippen molar-refractivity contribution in [1.82, 2.24) is 0 Å². The van der Waals surface area contributed by atoms with Crippen LogP contribution in [0.4, 0.5) is 0 Å². The Morgan fingerprint density at radius 1 is 0.600 bits per heavy atom. The molecule has 0 unspecified atom stereocenters. The number of hydrogen-bond acceptors (Lipinski definition) is 1. The smallest absolute Gasteiger partial charge is 0.311 e. The van der Waals surface area contributed by atoms with Gasteiger partial charge in [-0.3, -0.25) is 4.90 Å². The second-order valence-corrected chi connectivity index (χ2v) is 9.07. The van der Waals surface area contributed by atoms with E-state index in [1.807, 2.05) is 14.1 Å². The second kappa shape index (κ2) is 21.4. The summed E-state index contributed by atoms with van der Waals surface area (Å²) in [5.74, 6) is 0.355. The molecule has 0 bridgehead atoms. The van der Waals surface area contributed by atoms with Gasteiger partial charge in [-0.15, -0.1) is 0 Å². The van der Waals surface area contributed by atoms with E-state index < -0.39 is 0 Å². The van der Waals surface area contributed by atoms with E-state index in [0.717, 1.165) is 17.7 Å². The number of aryl methyl sites for hydroxylation is 1. The van der Waals surface area contributed by atoms with Gasteiger partial charge in [-0.2, -0.15) is 0 Å². The standard InChI is InChI=1S/C27H47NO.ClH/c1-28(2)27(29)25-21-16-14-12-10-8-6-4-3-5-7-9-11-13-15-18-22-26-23-19-17-20-24-26;/h17,19-20,23-24H,3-16,18,21-22,25H2,1-2H3;1H.